The number of aromatic nitrogens is 2. The van der Waals surface area contributed by atoms with Gasteiger partial charge in [0.15, 0.2) is 0 Å². The van der Waals surface area contributed by atoms with Gasteiger partial charge in [-0.2, -0.15) is 0 Å². The topological polar surface area (TPSA) is 25.8 Å². The smallest absolute Gasteiger partial charge is 0.106 e. The summed E-state index contributed by atoms with van der Waals surface area (Å²) < 4.78 is 0.845. The molecule has 0 spiro atoms. The van der Waals surface area contributed by atoms with Crippen LogP contribution in [0.3, 0.4) is 0 Å². The molecule has 0 aliphatic heterocycles. The Morgan fingerprint density at radius 1 is 1.18 bits per heavy atom. The van der Waals surface area contributed by atoms with Crippen molar-refractivity contribution in [3.8, 4) is 0 Å². The molecule has 0 atom stereocenters. The van der Waals surface area contributed by atoms with Crippen LogP contribution in [0.25, 0.3) is 10.9 Å². The highest BCUT2D eigenvalue weighted by Gasteiger charge is 1.92. The van der Waals surface area contributed by atoms with E-state index in [-0.39, 0.29) is 0 Å². The van der Waals surface area contributed by atoms with Gasteiger partial charge in [0, 0.05) is 11.6 Å². The molecule has 2 heterocycles. The van der Waals surface area contributed by atoms with Gasteiger partial charge in [-0.15, -0.1) is 0 Å². The molecule has 2 rings (SSSR count). The maximum Gasteiger partial charge on any atom is 0.106 e. The molecule has 0 bridgehead atoms. The first-order chi connectivity index (χ1) is 5.36. The lowest BCUT2D eigenvalue weighted by Crippen LogP contribution is -1.79. The molecule has 0 saturated carbocycles. The van der Waals surface area contributed by atoms with Crippen LogP contribution < -0.4 is 0 Å². The van der Waals surface area contributed by atoms with E-state index in [0.29, 0.717) is 0 Å². The maximum atomic E-state index is 4.23. The van der Waals surface area contributed by atoms with Gasteiger partial charge in [-0.1, -0.05) is 6.07 Å². The fourth-order valence-electron chi connectivity index (χ4n) is 0.942. The quantitative estimate of drug-likeness (QED) is 0.622. The lowest BCUT2D eigenvalue weighted by atomic mass is 10.3. The van der Waals surface area contributed by atoms with Crippen LogP contribution in [-0.2, 0) is 0 Å². The average molecular weight is 209 g/mol. The van der Waals surface area contributed by atoms with Gasteiger partial charge in [-0.05, 0) is 28.1 Å². The van der Waals surface area contributed by atoms with E-state index in [1.54, 1.807) is 12.4 Å². The van der Waals surface area contributed by atoms with Crippen LogP contribution in [0.2, 0.25) is 0 Å². The van der Waals surface area contributed by atoms with Crippen molar-refractivity contribution in [3.05, 3.63) is 35.2 Å². The highest BCUT2D eigenvalue weighted by atomic mass is 79.9. The van der Waals surface area contributed by atoms with E-state index in [0.717, 1.165) is 15.5 Å². The number of fused-ring (bicyclic) bond motifs is 1. The van der Waals surface area contributed by atoms with E-state index in [1.807, 2.05) is 18.2 Å². The van der Waals surface area contributed by atoms with Gasteiger partial charge in [0.25, 0.3) is 0 Å². The summed E-state index contributed by atoms with van der Waals surface area (Å²) in [6.45, 7) is 0. The SMILES string of the molecule is Brc1ccc2ccncc2n1. The number of hydrogen-bond acceptors (Lipinski definition) is 2. The molecule has 0 aromatic carbocycles. The zero-order valence-electron chi connectivity index (χ0n) is 5.66. The molecule has 54 valence electrons. The predicted molar refractivity (Wildman–Crippen MR) is 47.2 cm³/mol. The molecule has 0 unspecified atom stereocenters. The first-order valence-electron chi connectivity index (χ1n) is 3.22. The molecule has 3 heteroatoms. The molecule has 0 amide bonds. The first-order valence-corrected chi connectivity index (χ1v) is 4.02. The van der Waals surface area contributed by atoms with Gasteiger partial charge in [-0.3, -0.25) is 4.98 Å². The Kier molecular flexibility index (Phi) is 1.58. The summed E-state index contributed by atoms with van der Waals surface area (Å²) in [6.07, 6.45) is 3.51. The minimum Gasteiger partial charge on any atom is -0.262 e. The van der Waals surface area contributed by atoms with E-state index in [4.69, 9.17) is 0 Å². The molecule has 0 radical (unpaired) electrons. The second-order valence-corrected chi connectivity index (χ2v) is 3.01. The van der Waals surface area contributed by atoms with Crippen molar-refractivity contribution in [2.45, 2.75) is 0 Å². The van der Waals surface area contributed by atoms with Crippen molar-refractivity contribution in [1.82, 2.24) is 9.97 Å². The molecule has 11 heavy (non-hydrogen) atoms. The number of halogens is 1. The van der Waals surface area contributed by atoms with Gasteiger partial charge in [0.2, 0.25) is 0 Å². The summed E-state index contributed by atoms with van der Waals surface area (Å²) in [6, 6.07) is 5.87. The predicted octanol–water partition coefficient (Wildman–Crippen LogP) is 2.39. The Morgan fingerprint density at radius 3 is 3.00 bits per heavy atom. The molecular formula is C8H5BrN2. The molecule has 0 aliphatic rings. The highest BCUT2D eigenvalue weighted by Crippen LogP contribution is 2.13. The first kappa shape index (κ1) is 6.73. The minimum absolute atomic E-state index is 0.845. The van der Waals surface area contributed by atoms with Crippen LogP contribution in [0.1, 0.15) is 0 Å². The van der Waals surface area contributed by atoms with Crippen molar-refractivity contribution in [2.24, 2.45) is 0 Å². The maximum absolute atomic E-state index is 4.23. The lowest BCUT2D eigenvalue weighted by Gasteiger charge is -1.94. The third-order valence-corrected chi connectivity index (χ3v) is 1.90. The van der Waals surface area contributed by atoms with Crippen LogP contribution >= 0.6 is 15.9 Å². The second kappa shape index (κ2) is 2.58. The third-order valence-electron chi connectivity index (χ3n) is 1.46. The zero-order chi connectivity index (χ0) is 7.68. The van der Waals surface area contributed by atoms with Gasteiger partial charge in [0.05, 0.1) is 11.7 Å². The van der Waals surface area contributed by atoms with Gasteiger partial charge >= 0.3 is 0 Å². The molecule has 2 aromatic rings. The Labute approximate surface area is 72.4 Å². The fraction of sp³-hybridized carbons (Fsp3) is 0. The van der Waals surface area contributed by atoms with Crippen LogP contribution in [-0.4, -0.2) is 9.97 Å². The highest BCUT2D eigenvalue weighted by molar-refractivity contribution is 9.10. The average Bonchev–Trinajstić information content (AvgIpc) is 2.04. The van der Waals surface area contributed by atoms with Gasteiger partial charge < -0.3 is 0 Å². The van der Waals surface area contributed by atoms with Crippen molar-refractivity contribution in [2.75, 3.05) is 0 Å². The molecule has 0 saturated heterocycles. The summed E-state index contributed by atoms with van der Waals surface area (Å²) in [4.78, 5) is 8.20. The Hall–Kier alpha value is -0.960. The van der Waals surface area contributed by atoms with Gasteiger partial charge in [0.1, 0.15) is 4.60 Å². The Bertz CT molecular complexity index is 387. The fourth-order valence-corrected chi connectivity index (χ4v) is 1.27. The number of rotatable bonds is 0. The summed E-state index contributed by atoms with van der Waals surface area (Å²) in [5.74, 6) is 0. The third kappa shape index (κ3) is 1.24. The Morgan fingerprint density at radius 2 is 2.09 bits per heavy atom. The van der Waals surface area contributed by atoms with E-state index in [9.17, 15) is 0 Å². The monoisotopic (exact) mass is 208 g/mol. The zero-order valence-corrected chi connectivity index (χ0v) is 7.25. The number of pyridine rings is 2. The Balaban J connectivity index is 2.83. The summed E-state index contributed by atoms with van der Waals surface area (Å²) in [7, 11) is 0. The molecule has 0 N–H and O–H groups in total. The minimum atomic E-state index is 0.845. The van der Waals surface area contributed by atoms with Crippen LogP contribution in [0, 0.1) is 0 Å². The molecular weight excluding hydrogens is 204 g/mol. The number of hydrogen-bond donors (Lipinski definition) is 0. The van der Waals surface area contributed by atoms with E-state index in [2.05, 4.69) is 25.9 Å². The molecule has 2 nitrogen and oxygen atoms in total. The van der Waals surface area contributed by atoms with Crippen LogP contribution in [0.5, 0.6) is 0 Å². The molecule has 0 aliphatic carbocycles. The number of nitrogens with zero attached hydrogens (tertiary/aromatic N) is 2. The van der Waals surface area contributed by atoms with Crippen molar-refractivity contribution in [3.63, 3.8) is 0 Å². The summed E-state index contributed by atoms with van der Waals surface area (Å²) >= 11 is 3.29. The summed E-state index contributed by atoms with van der Waals surface area (Å²) in [5, 5.41) is 1.11. The van der Waals surface area contributed by atoms with Crippen LogP contribution in [0.4, 0.5) is 0 Å². The van der Waals surface area contributed by atoms with E-state index >= 15 is 0 Å². The summed E-state index contributed by atoms with van der Waals surface area (Å²) in [5.41, 5.74) is 0.918. The van der Waals surface area contributed by atoms with Gasteiger partial charge in [-0.25, -0.2) is 4.98 Å². The lowest BCUT2D eigenvalue weighted by molar-refractivity contribution is 1.29. The van der Waals surface area contributed by atoms with Crippen molar-refractivity contribution >= 4 is 26.8 Å². The van der Waals surface area contributed by atoms with Crippen molar-refractivity contribution in [1.29, 1.82) is 0 Å². The van der Waals surface area contributed by atoms with E-state index < -0.39 is 0 Å². The molecule has 0 fully saturated rings. The standard InChI is InChI=1S/C8H5BrN2/c9-8-2-1-6-3-4-10-5-7(6)11-8/h1-5H. The van der Waals surface area contributed by atoms with Crippen molar-refractivity contribution < 1.29 is 0 Å². The second-order valence-electron chi connectivity index (χ2n) is 2.20. The molecule has 2 aromatic heterocycles. The normalized spacial score (nSPS) is 10.3. The largest absolute Gasteiger partial charge is 0.262 e. The van der Waals surface area contributed by atoms with Crippen LogP contribution in [0.15, 0.2) is 35.2 Å². The van der Waals surface area contributed by atoms with E-state index in [1.165, 1.54) is 0 Å².